The van der Waals surface area contributed by atoms with Gasteiger partial charge in [0.2, 0.25) is 0 Å². The van der Waals surface area contributed by atoms with E-state index in [0.29, 0.717) is 9.50 Å². The van der Waals surface area contributed by atoms with Crippen LogP contribution in [0.3, 0.4) is 0 Å². The highest BCUT2D eigenvalue weighted by Crippen LogP contribution is 2.35. The van der Waals surface area contributed by atoms with E-state index in [1.54, 1.807) is 0 Å². The molecule has 1 aliphatic rings. The van der Waals surface area contributed by atoms with Crippen LogP contribution in [0.1, 0.15) is 5.56 Å². The number of amides is 4. The van der Waals surface area contributed by atoms with E-state index in [2.05, 4.69) is 21.2 Å². The van der Waals surface area contributed by atoms with Gasteiger partial charge in [0.05, 0.1) is 12.8 Å². The number of rotatable bonds is 3. The first-order valence-electron chi connectivity index (χ1n) is 7.55. The fourth-order valence-corrected chi connectivity index (χ4v) is 3.08. The van der Waals surface area contributed by atoms with Crippen molar-refractivity contribution in [1.82, 2.24) is 5.32 Å². The smallest absolute Gasteiger partial charge is 0.335 e. The SMILES string of the molecule is COc1cc(Br)cc(/C=C2\C(=O)NC(=O)N(c3ccc(Cl)cc3)C2=O)c1O. The van der Waals surface area contributed by atoms with Gasteiger partial charge in [-0.05, 0) is 42.5 Å². The lowest BCUT2D eigenvalue weighted by Crippen LogP contribution is -2.54. The fraction of sp³-hybridized carbons (Fsp3) is 0.0556. The molecule has 0 radical (unpaired) electrons. The second-order valence-electron chi connectivity index (χ2n) is 5.48. The molecule has 0 saturated carbocycles. The minimum Gasteiger partial charge on any atom is -0.504 e. The lowest BCUT2D eigenvalue weighted by molar-refractivity contribution is -0.122. The number of phenolic OH excluding ortho intramolecular Hbond substituents is 1. The molecule has 4 amide bonds. The summed E-state index contributed by atoms with van der Waals surface area (Å²) in [7, 11) is 1.37. The molecule has 1 heterocycles. The second-order valence-corrected chi connectivity index (χ2v) is 6.83. The summed E-state index contributed by atoms with van der Waals surface area (Å²) in [5.41, 5.74) is 0.0986. The number of aromatic hydroxyl groups is 1. The maximum atomic E-state index is 12.8. The number of hydrogen-bond acceptors (Lipinski definition) is 5. The largest absolute Gasteiger partial charge is 0.504 e. The van der Waals surface area contributed by atoms with Crippen molar-refractivity contribution in [3.8, 4) is 11.5 Å². The molecule has 0 aromatic heterocycles. The molecule has 0 bridgehead atoms. The highest BCUT2D eigenvalue weighted by atomic mass is 79.9. The number of urea groups is 1. The fourth-order valence-electron chi connectivity index (χ4n) is 2.50. The molecule has 9 heteroatoms. The van der Waals surface area contributed by atoms with Crippen molar-refractivity contribution >= 4 is 57.1 Å². The molecule has 2 N–H and O–H groups in total. The highest BCUT2D eigenvalue weighted by molar-refractivity contribution is 9.10. The number of carbonyl (C=O) groups is 3. The van der Waals surface area contributed by atoms with Crippen LogP contribution in [0, 0.1) is 0 Å². The van der Waals surface area contributed by atoms with Gasteiger partial charge in [0.15, 0.2) is 11.5 Å². The number of barbiturate groups is 1. The van der Waals surface area contributed by atoms with E-state index >= 15 is 0 Å². The van der Waals surface area contributed by atoms with Crippen molar-refractivity contribution in [2.75, 3.05) is 12.0 Å². The molecule has 138 valence electrons. The Bertz CT molecular complexity index is 988. The van der Waals surface area contributed by atoms with E-state index in [-0.39, 0.29) is 28.3 Å². The third kappa shape index (κ3) is 3.67. The maximum Gasteiger partial charge on any atom is 0.335 e. The Kier molecular flexibility index (Phi) is 5.20. The third-order valence-corrected chi connectivity index (χ3v) is 4.49. The normalized spacial score (nSPS) is 15.9. The summed E-state index contributed by atoms with van der Waals surface area (Å²) >= 11 is 9.09. The van der Waals surface area contributed by atoms with Crippen LogP contribution in [0.2, 0.25) is 5.02 Å². The van der Waals surface area contributed by atoms with Gasteiger partial charge in [0.1, 0.15) is 5.57 Å². The summed E-state index contributed by atoms with van der Waals surface area (Å²) in [6.45, 7) is 0. The molecule has 1 aliphatic heterocycles. The van der Waals surface area contributed by atoms with Gasteiger partial charge in [-0.15, -0.1) is 0 Å². The van der Waals surface area contributed by atoms with Crippen LogP contribution in [-0.4, -0.2) is 30.1 Å². The summed E-state index contributed by atoms with van der Waals surface area (Å²) < 4.78 is 5.62. The molecule has 0 atom stereocenters. The zero-order chi connectivity index (χ0) is 19.7. The van der Waals surface area contributed by atoms with Gasteiger partial charge in [-0.25, -0.2) is 9.69 Å². The average molecular weight is 452 g/mol. The number of anilines is 1. The lowest BCUT2D eigenvalue weighted by Gasteiger charge is -2.26. The molecule has 7 nitrogen and oxygen atoms in total. The van der Waals surface area contributed by atoms with Crippen LogP contribution in [-0.2, 0) is 9.59 Å². The number of nitrogens with zero attached hydrogens (tertiary/aromatic N) is 1. The Morgan fingerprint density at radius 3 is 2.48 bits per heavy atom. The van der Waals surface area contributed by atoms with Gasteiger partial charge >= 0.3 is 6.03 Å². The van der Waals surface area contributed by atoms with Crippen LogP contribution in [0.15, 0.2) is 46.4 Å². The monoisotopic (exact) mass is 450 g/mol. The van der Waals surface area contributed by atoms with Crippen LogP contribution < -0.4 is 15.0 Å². The van der Waals surface area contributed by atoms with Crippen molar-refractivity contribution in [3.63, 3.8) is 0 Å². The van der Waals surface area contributed by atoms with Crippen LogP contribution in [0.25, 0.3) is 6.08 Å². The molecular formula is C18H12BrClN2O5. The maximum absolute atomic E-state index is 12.8. The molecule has 2 aromatic rings. The van der Waals surface area contributed by atoms with Gasteiger partial charge in [0, 0.05) is 15.1 Å². The van der Waals surface area contributed by atoms with Gasteiger partial charge < -0.3 is 9.84 Å². The van der Waals surface area contributed by atoms with Gasteiger partial charge in [-0.3, -0.25) is 14.9 Å². The number of carbonyl (C=O) groups excluding carboxylic acids is 3. The van der Waals surface area contributed by atoms with E-state index < -0.39 is 17.8 Å². The van der Waals surface area contributed by atoms with E-state index in [4.69, 9.17) is 16.3 Å². The Balaban J connectivity index is 2.07. The predicted octanol–water partition coefficient (Wildman–Crippen LogP) is 3.48. The molecule has 0 aliphatic carbocycles. The molecule has 0 spiro atoms. The predicted molar refractivity (Wildman–Crippen MR) is 103 cm³/mol. The first-order valence-corrected chi connectivity index (χ1v) is 8.72. The van der Waals surface area contributed by atoms with E-state index in [9.17, 15) is 19.5 Å². The minimum absolute atomic E-state index is 0.158. The van der Waals surface area contributed by atoms with Gasteiger partial charge in [-0.2, -0.15) is 0 Å². The first kappa shape index (κ1) is 18.9. The van der Waals surface area contributed by atoms with Crippen molar-refractivity contribution in [2.24, 2.45) is 0 Å². The molecule has 3 rings (SSSR count). The average Bonchev–Trinajstić information content (AvgIpc) is 2.62. The number of ether oxygens (including phenoxy) is 1. The van der Waals surface area contributed by atoms with Crippen molar-refractivity contribution in [3.05, 3.63) is 57.0 Å². The van der Waals surface area contributed by atoms with Crippen molar-refractivity contribution in [1.29, 1.82) is 0 Å². The van der Waals surface area contributed by atoms with Gasteiger partial charge in [-0.1, -0.05) is 27.5 Å². The van der Waals surface area contributed by atoms with E-state index in [1.807, 2.05) is 0 Å². The quantitative estimate of drug-likeness (QED) is 0.550. The number of nitrogens with one attached hydrogen (secondary N) is 1. The van der Waals surface area contributed by atoms with Crippen molar-refractivity contribution in [2.45, 2.75) is 0 Å². The number of benzene rings is 2. The summed E-state index contributed by atoms with van der Waals surface area (Å²) in [4.78, 5) is 38.0. The second kappa shape index (κ2) is 7.42. The molecule has 1 saturated heterocycles. The van der Waals surface area contributed by atoms with Crippen molar-refractivity contribution < 1.29 is 24.2 Å². The van der Waals surface area contributed by atoms with E-state index in [1.165, 1.54) is 49.6 Å². The highest BCUT2D eigenvalue weighted by Gasteiger charge is 2.37. The Morgan fingerprint density at radius 1 is 1.19 bits per heavy atom. The molecule has 27 heavy (non-hydrogen) atoms. The summed E-state index contributed by atoms with van der Waals surface area (Å²) in [5, 5.41) is 12.8. The molecule has 0 unspecified atom stereocenters. The summed E-state index contributed by atoms with van der Waals surface area (Å²) in [6.07, 6.45) is 1.19. The third-order valence-electron chi connectivity index (χ3n) is 3.78. The number of phenols is 1. The Labute approximate surface area is 167 Å². The number of halogens is 2. The molecule has 1 fully saturated rings. The van der Waals surface area contributed by atoms with Gasteiger partial charge in [0.25, 0.3) is 11.8 Å². The number of methoxy groups -OCH3 is 1. The van der Waals surface area contributed by atoms with Crippen LogP contribution in [0.4, 0.5) is 10.5 Å². The Morgan fingerprint density at radius 2 is 1.85 bits per heavy atom. The topological polar surface area (TPSA) is 95.9 Å². The Hall–Kier alpha value is -2.84. The summed E-state index contributed by atoms with van der Waals surface area (Å²) in [6, 6.07) is 8.16. The van der Waals surface area contributed by atoms with Crippen LogP contribution >= 0.6 is 27.5 Å². The van der Waals surface area contributed by atoms with E-state index in [0.717, 1.165) is 4.90 Å². The van der Waals surface area contributed by atoms with Crippen LogP contribution in [0.5, 0.6) is 11.5 Å². The molecule has 2 aromatic carbocycles. The summed E-state index contributed by atoms with van der Waals surface area (Å²) in [5.74, 6) is -1.78. The standard InChI is InChI=1S/C18H12BrClN2O5/c1-27-14-8-10(19)6-9(15(14)23)7-13-16(24)21-18(26)22(17(13)25)12-4-2-11(20)3-5-12/h2-8,23H,1H3,(H,21,24,26)/b13-7+. The number of imide groups is 2. The first-order chi connectivity index (χ1) is 12.8. The zero-order valence-corrected chi connectivity index (χ0v) is 16.2. The molecular weight excluding hydrogens is 440 g/mol. The zero-order valence-electron chi connectivity index (χ0n) is 13.8. The minimum atomic E-state index is -0.875. The number of hydrogen-bond donors (Lipinski definition) is 2. The lowest BCUT2D eigenvalue weighted by atomic mass is 10.1.